The molecule has 0 saturated heterocycles. The molecule has 0 aromatic heterocycles. The van der Waals surface area contributed by atoms with Crippen molar-refractivity contribution in [3.8, 4) is 5.75 Å². The van der Waals surface area contributed by atoms with E-state index in [1.54, 1.807) is 17.0 Å². The molecule has 0 N–H and O–H groups in total. The molecular weight excluding hydrogens is 294 g/mol. The topological polar surface area (TPSA) is 29.5 Å². The van der Waals surface area contributed by atoms with Gasteiger partial charge in [0.15, 0.2) is 0 Å². The Morgan fingerprint density at radius 2 is 1.89 bits per heavy atom. The first kappa shape index (κ1) is 15.0. The summed E-state index contributed by atoms with van der Waals surface area (Å²) in [6.45, 7) is 6.61. The molecule has 0 saturated carbocycles. The van der Waals surface area contributed by atoms with Crippen LogP contribution in [0.1, 0.15) is 31.1 Å². The molecule has 0 atom stereocenters. The SMILES string of the molecule is CCOc1ccc(C(=O)N(C)C(C)(C)CBr)cc1. The summed E-state index contributed by atoms with van der Waals surface area (Å²) in [5.74, 6) is 0.805. The highest BCUT2D eigenvalue weighted by atomic mass is 79.9. The average molecular weight is 314 g/mol. The predicted molar refractivity (Wildman–Crippen MR) is 77.6 cm³/mol. The molecule has 1 amide bonds. The second-order valence-corrected chi connectivity index (χ2v) is 5.33. The normalized spacial score (nSPS) is 11.2. The fraction of sp³-hybridized carbons (Fsp3) is 0.500. The quantitative estimate of drug-likeness (QED) is 0.780. The molecule has 0 spiro atoms. The van der Waals surface area contributed by atoms with Crippen LogP contribution in [0.25, 0.3) is 0 Å². The summed E-state index contributed by atoms with van der Waals surface area (Å²) in [6, 6.07) is 7.25. The summed E-state index contributed by atoms with van der Waals surface area (Å²) < 4.78 is 5.36. The number of carbonyl (C=O) groups is 1. The molecule has 100 valence electrons. The van der Waals surface area contributed by atoms with Crippen molar-refractivity contribution in [3.05, 3.63) is 29.8 Å². The molecule has 0 aliphatic heterocycles. The largest absolute Gasteiger partial charge is 0.494 e. The lowest BCUT2D eigenvalue weighted by molar-refractivity contribution is 0.0663. The summed E-state index contributed by atoms with van der Waals surface area (Å²) in [7, 11) is 1.82. The maximum Gasteiger partial charge on any atom is 0.254 e. The van der Waals surface area contributed by atoms with E-state index in [1.807, 2.05) is 40.0 Å². The van der Waals surface area contributed by atoms with Gasteiger partial charge in [0.05, 0.1) is 6.61 Å². The lowest BCUT2D eigenvalue weighted by Gasteiger charge is -2.34. The van der Waals surface area contributed by atoms with E-state index in [2.05, 4.69) is 15.9 Å². The van der Waals surface area contributed by atoms with Crippen LogP contribution >= 0.6 is 15.9 Å². The minimum Gasteiger partial charge on any atom is -0.494 e. The lowest BCUT2D eigenvalue weighted by atomic mass is 10.1. The number of nitrogens with zero attached hydrogens (tertiary/aromatic N) is 1. The second kappa shape index (κ2) is 6.23. The van der Waals surface area contributed by atoms with E-state index in [0.717, 1.165) is 11.1 Å². The Morgan fingerprint density at radius 3 is 2.33 bits per heavy atom. The first-order valence-corrected chi connectivity index (χ1v) is 7.11. The monoisotopic (exact) mass is 313 g/mol. The van der Waals surface area contributed by atoms with Crippen molar-refractivity contribution in [2.24, 2.45) is 0 Å². The van der Waals surface area contributed by atoms with Gasteiger partial charge in [-0.15, -0.1) is 0 Å². The van der Waals surface area contributed by atoms with E-state index in [4.69, 9.17) is 4.74 Å². The lowest BCUT2D eigenvalue weighted by Crippen LogP contribution is -2.46. The third kappa shape index (κ3) is 3.48. The summed E-state index contributed by atoms with van der Waals surface area (Å²) >= 11 is 3.43. The van der Waals surface area contributed by atoms with Crippen molar-refractivity contribution >= 4 is 21.8 Å². The van der Waals surface area contributed by atoms with Crippen molar-refractivity contribution < 1.29 is 9.53 Å². The Labute approximate surface area is 117 Å². The van der Waals surface area contributed by atoms with Crippen LogP contribution in [0.2, 0.25) is 0 Å². The molecule has 0 aliphatic rings. The van der Waals surface area contributed by atoms with Gasteiger partial charge in [0.25, 0.3) is 5.91 Å². The van der Waals surface area contributed by atoms with E-state index >= 15 is 0 Å². The molecule has 0 radical (unpaired) electrons. The summed E-state index contributed by atoms with van der Waals surface area (Å²) in [4.78, 5) is 14.0. The molecule has 0 fully saturated rings. The minimum atomic E-state index is -0.213. The van der Waals surface area contributed by atoms with Gasteiger partial charge >= 0.3 is 0 Å². The van der Waals surface area contributed by atoms with Crippen molar-refractivity contribution in [3.63, 3.8) is 0 Å². The molecule has 1 aromatic carbocycles. The number of hydrogen-bond acceptors (Lipinski definition) is 2. The van der Waals surface area contributed by atoms with Crippen LogP contribution < -0.4 is 4.74 Å². The zero-order chi connectivity index (χ0) is 13.8. The Balaban J connectivity index is 2.84. The van der Waals surface area contributed by atoms with E-state index in [0.29, 0.717) is 12.2 Å². The standard InChI is InChI=1S/C14H20BrNO2/c1-5-18-12-8-6-11(7-9-12)13(17)16(4)14(2,3)10-15/h6-9H,5,10H2,1-4H3. The van der Waals surface area contributed by atoms with Crippen LogP contribution in [0.3, 0.4) is 0 Å². The van der Waals surface area contributed by atoms with Crippen molar-refractivity contribution in [2.45, 2.75) is 26.3 Å². The van der Waals surface area contributed by atoms with Gasteiger partial charge in [0.2, 0.25) is 0 Å². The van der Waals surface area contributed by atoms with Gasteiger partial charge in [-0.25, -0.2) is 0 Å². The van der Waals surface area contributed by atoms with Crippen LogP contribution in [0.15, 0.2) is 24.3 Å². The van der Waals surface area contributed by atoms with Gasteiger partial charge in [0.1, 0.15) is 5.75 Å². The fourth-order valence-corrected chi connectivity index (χ4v) is 1.79. The van der Waals surface area contributed by atoms with E-state index < -0.39 is 0 Å². The molecule has 4 heteroatoms. The van der Waals surface area contributed by atoms with Crippen LogP contribution in [-0.2, 0) is 0 Å². The van der Waals surface area contributed by atoms with E-state index in [-0.39, 0.29) is 11.4 Å². The molecule has 0 bridgehead atoms. The fourth-order valence-electron chi connectivity index (χ4n) is 1.42. The van der Waals surface area contributed by atoms with Crippen molar-refractivity contribution in [2.75, 3.05) is 19.0 Å². The highest BCUT2D eigenvalue weighted by Gasteiger charge is 2.27. The highest BCUT2D eigenvalue weighted by molar-refractivity contribution is 9.09. The molecule has 0 aliphatic carbocycles. The Bertz CT molecular complexity index is 401. The highest BCUT2D eigenvalue weighted by Crippen LogP contribution is 2.19. The van der Waals surface area contributed by atoms with Crippen molar-refractivity contribution in [1.29, 1.82) is 0 Å². The third-order valence-electron chi connectivity index (χ3n) is 2.95. The van der Waals surface area contributed by atoms with Gasteiger partial charge in [-0.1, -0.05) is 15.9 Å². The van der Waals surface area contributed by atoms with Gasteiger partial charge in [-0.05, 0) is 45.0 Å². The minimum absolute atomic E-state index is 0.0162. The Kier molecular flexibility index (Phi) is 5.20. The molecule has 3 nitrogen and oxygen atoms in total. The first-order valence-electron chi connectivity index (χ1n) is 5.99. The van der Waals surface area contributed by atoms with Crippen LogP contribution in [-0.4, -0.2) is 35.3 Å². The molecule has 1 aromatic rings. The number of carbonyl (C=O) groups excluding carboxylic acids is 1. The van der Waals surface area contributed by atoms with Gasteiger partial charge < -0.3 is 9.64 Å². The first-order chi connectivity index (χ1) is 8.42. The zero-order valence-electron chi connectivity index (χ0n) is 11.4. The number of rotatable bonds is 5. The summed E-state index contributed by atoms with van der Waals surface area (Å²) in [5, 5.41) is 0.735. The Hall–Kier alpha value is -1.03. The summed E-state index contributed by atoms with van der Waals surface area (Å²) in [6.07, 6.45) is 0. The Morgan fingerprint density at radius 1 is 1.33 bits per heavy atom. The van der Waals surface area contributed by atoms with Gasteiger partial charge in [0, 0.05) is 23.5 Å². The molecule has 0 unspecified atom stereocenters. The van der Waals surface area contributed by atoms with Gasteiger partial charge in [-0.3, -0.25) is 4.79 Å². The average Bonchev–Trinajstić information content (AvgIpc) is 2.38. The third-order valence-corrected chi connectivity index (χ3v) is 4.32. The number of halogens is 1. The predicted octanol–water partition coefficient (Wildman–Crippen LogP) is 3.33. The molecule has 1 rings (SSSR count). The van der Waals surface area contributed by atoms with E-state index in [1.165, 1.54) is 0 Å². The summed E-state index contributed by atoms with van der Waals surface area (Å²) in [5.41, 5.74) is 0.463. The van der Waals surface area contributed by atoms with E-state index in [9.17, 15) is 4.79 Å². The van der Waals surface area contributed by atoms with Crippen molar-refractivity contribution in [1.82, 2.24) is 4.90 Å². The second-order valence-electron chi connectivity index (χ2n) is 4.77. The molecule has 0 heterocycles. The number of hydrogen-bond donors (Lipinski definition) is 0. The van der Waals surface area contributed by atoms with Crippen LogP contribution in [0.4, 0.5) is 0 Å². The number of amides is 1. The zero-order valence-corrected chi connectivity index (χ0v) is 13.0. The van der Waals surface area contributed by atoms with Crippen LogP contribution in [0, 0.1) is 0 Å². The van der Waals surface area contributed by atoms with Crippen LogP contribution in [0.5, 0.6) is 5.75 Å². The number of benzene rings is 1. The molecule has 18 heavy (non-hydrogen) atoms. The maximum atomic E-state index is 12.3. The number of alkyl halides is 1. The smallest absolute Gasteiger partial charge is 0.254 e. The molecular formula is C14H20BrNO2. The van der Waals surface area contributed by atoms with Gasteiger partial charge in [-0.2, -0.15) is 0 Å². The number of ether oxygens (including phenoxy) is 1. The maximum absolute atomic E-state index is 12.3.